The third-order valence-corrected chi connectivity index (χ3v) is 8.20. The van der Waals surface area contributed by atoms with Crippen molar-refractivity contribution in [1.29, 1.82) is 0 Å². The summed E-state index contributed by atoms with van der Waals surface area (Å²) in [5.41, 5.74) is 0. The van der Waals surface area contributed by atoms with Gasteiger partial charge in [0.1, 0.15) is 0 Å². The number of carbonyl (C=O) groups is 2. The third kappa shape index (κ3) is 44.6. The van der Waals surface area contributed by atoms with Crippen molar-refractivity contribution in [1.82, 2.24) is 0 Å². The van der Waals surface area contributed by atoms with Gasteiger partial charge in [0.2, 0.25) is 0 Å². The summed E-state index contributed by atoms with van der Waals surface area (Å²) in [7, 11) is 0. The van der Waals surface area contributed by atoms with Crippen LogP contribution in [-0.2, 0) is 14.3 Å². The van der Waals surface area contributed by atoms with Crippen molar-refractivity contribution in [2.45, 2.75) is 219 Å². The molecule has 0 N–H and O–H groups in total. The molecule has 0 aromatic carbocycles. The largest absolute Gasteiger partial charge is 0.316 e. The maximum Gasteiger partial charge on any atom is 0.316 e. The minimum absolute atomic E-state index is 0. The fourth-order valence-corrected chi connectivity index (χ4v) is 5.51. The molecule has 0 radical (unpaired) electrons. The van der Waals surface area contributed by atoms with Crippen molar-refractivity contribution in [3.63, 3.8) is 0 Å². The first-order chi connectivity index (χ1) is 19.2. The Morgan fingerprint density at radius 1 is 0.333 bits per heavy atom. The van der Waals surface area contributed by atoms with E-state index in [9.17, 15) is 9.59 Å². The number of rotatable bonds is 32. The molecule has 3 nitrogen and oxygen atoms in total. The van der Waals surface area contributed by atoms with Gasteiger partial charge in [-0.3, -0.25) is 9.59 Å². The number of esters is 2. The average Bonchev–Trinajstić information content (AvgIpc) is 2.93. The normalized spacial score (nSPS) is 10.4. The molecule has 0 aliphatic carbocycles. The van der Waals surface area contributed by atoms with Crippen LogP contribution in [0.2, 0.25) is 0 Å². The van der Waals surface area contributed by atoms with Crippen molar-refractivity contribution in [2.24, 2.45) is 0 Å². The predicted octanol–water partition coefficient (Wildman–Crippen LogP) is 9.83. The number of unbranched alkanes of at least 4 members (excludes halogenated alkanes) is 28. The topological polar surface area (TPSA) is 43.4 Å². The molecule has 0 aliphatic heterocycles. The second-order valence-corrected chi connectivity index (χ2v) is 12.2. The van der Waals surface area contributed by atoms with E-state index < -0.39 is 0 Å². The van der Waals surface area contributed by atoms with Gasteiger partial charge in [-0.2, -0.15) is 0 Å². The molecule has 0 aliphatic rings. The van der Waals surface area contributed by atoms with E-state index in [1.807, 2.05) is 0 Å². The Bertz CT molecular complexity index is 476. The third-order valence-electron chi connectivity index (χ3n) is 8.20. The van der Waals surface area contributed by atoms with E-state index in [4.69, 9.17) is 4.74 Å². The minimum atomic E-state index is -0.323. The Morgan fingerprint density at radius 3 is 0.690 bits per heavy atom. The van der Waals surface area contributed by atoms with E-state index in [0.29, 0.717) is 12.8 Å². The first kappa shape index (κ1) is 51.3. The van der Waals surface area contributed by atoms with Gasteiger partial charge in [-0.05, 0) is 12.8 Å². The molecule has 0 amide bonds. The van der Waals surface area contributed by atoms with Crippen molar-refractivity contribution < 1.29 is 14.3 Å². The molecule has 6 heteroatoms. The smallest absolute Gasteiger partial charge is 0.316 e. The van der Waals surface area contributed by atoms with Crippen molar-refractivity contribution >= 4 is 110 Å². The second kappa shape index (κ2) is 45.5. The van der Waals surface area contributed by atoms with Crippen LogP contribution in [0.4, 0.5) is 0 Å². The molecule has 0 bridgehead atoms. The molecule has 0 saturated heterocycles. The zero-order valence-electron chi connectivity index (χ0n) is 26.9. The maximum absolute atomic E-state index is 11.9. The van der Waals surface area contributed by atoms with E-state index >= 15 is 0 Å². The number of hydrogen-bond donors (Lipinski definition) is 0. The summed E-state index contributed by atoms with van der Waals surface area (Å²) in [6, 6.07) is 0. The van der Waals surface area contributed by atoms with Crippen molar-refractivity contribution in [3.8, 4) is 0 Å². The summed E-state index contributed by atoms with van der Waals surface area (Å²) < 4.78 is 5.01. The maximum atomic E-state index is 11.9. The summed E-state index contributed by atoms with van der Waals surface area (Å²) >= 11 is 0. The monoisotopic (exact) mass is 660 g/mol. The fourth-order valence-electron chi connectivity index (χ4n) is 5.51. The predicted molar refractivity (Wildman–Crippen MR) is 196 cm³/mol. The van der Waals surface area contributed by atoms with E-state index in [1.165, 1.54) is 167 Å². The number of carbonyl (C=O) groups excluding carboxylic acids is 2. The van der Waals surface area contributed by atoms with Gasteiger partial charge in [0, 0.05) is 12.8 Å². The number of hydrogen-bond acceptors (Lipinski definition) is 3. The summed E-state index contributed by atoms with van der Waals surface area (Å²) in [5.74, 6) is -0.647. The van der Waals surface area contributed by atoms with Crippen LogP contribution in [-0.4, -0.2) is 110 Å². The fraction of sp³-hybridized carbons (Fsp3) is 0.944. The summed E-state index contributed by atoms with van der Waals surface area (Å²) in [6.45, 7) is 4.55. The van der Waals surface area contributed by atoms with E-state index in [-0.39, 0.29) is 110 Å². The van der Waals surface area contributed by atoms with Crippen LogP contribution in [0.1, 0.15) is 219 Å². The Kier molecular flexibility index (Phi) is 55.6. The molecule has 0 aromatic heterocycles. The van der Waals surface area contributed by atoms with E-state index in [2.05, 4.69) is 13.8 Å². The van der Waals surface area contributed by atoms with Crippen molar-refractivity contribution in [3.05, 3.63) is 0 Å². The molecule has 244 valence electrons. The molecule has 0 unspecified atom stereocenters. The Balaban J connectivity index is -0.00000241. The van der Waals surface area contributed by atoms with Crippen LogP contribution in [0.25, 0.3) is 0 Å². The van der Waals surface area contributed by atoms with Gasteiger partial charge in [0.15, 0.2) is 0 Å². The van der Waals surface area contributed by atoms with Crippen LogP contribution in [0.3, 0.4) is 0 Å². The molecule has 0 spiro atoms. The van der Waals surface area contributed by atoms with Gasteiger partial charge < -0.3 is 4.74 Å². The van der Waals surface area contributed by atoms with Crippen LogP contribution in [0.5, 0.6) is 0 Å². The van der Waals surface area contributed by atoms with Crippen LogP contribution >= 0.6 is 0 Å². The minimum Gasteiger partial charge on any atom is 0.316 e. The van der Waals surface area contributed by atoms with Crippen LogP contribution in [0.15, 0.2) is 0 Å². The zero-order chi connectivity index (χ0) is 28.5. The summed E-state index contributed by atoms with van der Waals surface area (Å²) in [5, 5.41) is 0. The first-order valence-corrected chi connectivity index (χ1v) is 17.9. The van der Waals surface area contributed by atoms with Gasteiger partial charge in [0.25, 0.3) is 0 Å². The first-order valence-electron chi connectivity index (χ1n) is 17.9. The second-order valence-electron chi connectivity index (χ2n) is 12.2. The molecule has 0 atom stereocenters. The Hall–Kier alpha value is 2.43. The van der Waals surface area contributed by atoms with Gasteiger partial charge in [-0.25, -0.2) is 0 Å². The molecule has 0 aromatic rings. The van der Waals surface area contributed by atoms with Gasteiger partial charge in [0.05, 0.1) is 0 Å². The number of ether oxygens (including phenoxy) is 1. The quantitative estimate of drug-likeness (QED) is 0.0312. The SMILES string of the molecule is CCCCCCCCCCCCCCCCCC(=O)OC(=O)CCCCCCCCCCCCCCCCC.[CaH2].[CaH2].[MgH2]. The summed E-state index contributed by atoms with van der Waals surface area (Å²) in [4.78, 5) is 23.8. The zero-order valence-corrected chi connectivity index (χ0v) is 26.9. The van der Waals surface area contributed by atoms with Gasteiger partial charge in [-0.15, -0.1) is 0 Å². The van der Waals surface area contributed by atoms with Gasteiger partial charge in [-0.1, -0.05) is 194 Å². The van der Waals surface area contributed by atoms with Crippen LogP contribution < -0.4 is 0 Å². The standard InChI is InChI=1S/C36H70O3.2Ca.Mg.6H/c1-3-5-7-9-11-13-15-17-19-21-23-25-27-29-31-33-35(37)39-36(38)34-32-30-28-26-24-22-20-18-16-14-12-10-8-6-4-2;;;;;;;;;/h3-34H2,1-2H3;;;;;;;;;. The molecular formula is C36H76Ca2MgO3. The summed E-state index contributed by atoms with van der Waals surface area (Å²) in [6.07, 6.45) is 40.1. The van der Waals surface area contributed by atoms with Gasteiger partial charge >= 0.3 is 110 Å². The van der Waals surface area contributed by atoms with E-state index in [0.717, 1.165) is 25.7 Å². The average molecular weight is 661 g/mol. The molecule has 0 rings (SSSR count). The Labute approximate surface area is 339 Å². The molecule has 42 heavy (non-hydrogen) atoms. The molecule has 0 saturated carbocycles. The molecule has 0 heterocycles. The van der Waals surface area contributed by atoms with Crippen molar-refractivity contribution in [2.75, 3.05) is 0 Å². The molecular weight excluding hydrogens is 585 g/mol. The van der Waals surface area contributed by atoms with Crippen LogP contribution in [0, 0.1) is 0 Å². The molecule has 0 fully saturated rings. The Morgan fingerprint density at radius 2 is 0.500 bits per heavy atom. The van der Waals surface area contributed by atoms with E-state index in [1.54, 1.807) is 0 Å².